The van der Waals surface area contributed by atoms with Gasteiger partial charge in [-0.1, -0.05) is 51.4 Å². The first-order valence-electron chi connectivity index (χ1n) is 13.9. The van der Waals surface area contributed by atoms with Crippen LogP contribution in [0.2, 0.25) is 0 Å². The molecule has 0 amide bonds. The first kappa shape index (κ1) is 36.4. The average Bonchev–Trinajstić information content (AvgIpc) is 3.65. The molecular weight excluding hydrogens is 577 g/mol. The zero-order chi connectivity index (χ0) is 29.1. The molecule has 2 aromatic heterocycles. The summed E-state index contributed by atoms with van der Waals surface area (Å²) in [4.78, 5) is 22.6. The van der Waals surface area contributed by atoms with Crippen molar-refractivity contribution in [1.82, 2.24) is 0 Å². The van der Waals surface area contributed by atoms with Crippen molar-refractivity contribution < 1.29 is 9.59 Å². The summed E-state index contributed by atoms with van der Waals surface area (Å²) in [6, 6.07) is 3.59. The van der Waals surface area contributed by atoms with E-state index < -0.39 is 0 Å². The van der Waals surface area contributed by atoms with Crippen LogP contribution in [0.4, 0.5) is 0 Å². The van der Waals surface area contributed by atoms with Gasteiger partial charge in [0.2, 0.25) is 0 Å². The Hall–Kier alpha value is -1.60. The van der Waals surface area contributed by atoms with Crippen LogP contribution in [0.5, 0.6) is 0 Å². The smallest absolute Gasteiger partial charge is 0.253 e. The van der Waals surface area contributed by atoms with Gasteiger partial charge in [-0.3, -0.25) is 9.59 Å². The predicted octanol–water partition coefficient (Wildman–Crippen LogP) is 9.50. The first-order chi connectivity index (χ1) is 18.4. The standard InChI is InChI=1S/C17H22OS.C11H19N.C5H3ClOS.ClH/c1-4-17(3,15-7-5-13(2)6-8-15)11-16(18)14-9-10-19-12-14;1-4-11(3,12)10-7-5-9(2)6-8-10;6-5(7)4-1-2-8-3-4;/h1,9-10,12-13,15H,5-8,11H2,2-3H3;1,9-10H,5-8,12H2,2-3H3;1-3H;1H/t13?,15?,17-;9?,10?,11-;;/m01../s1. The highest BCUT2D eigenvalue weighted by atomic mass is 35.5. The molecule has 2 saturated carbocycles. The fourth-order valence-electron chi connectivity index (χ4n) is 5.42. The molecule has 2 aliphatic rings. The summed E-state index contributed by atoms with van der Waals surface area (Å²) in [5.74, 6) is 8.55. The van der Waals surface area contributed by atoms with Crippen molar-refractivity contribution in [3.8, 4) is 24.7 Å². The lowest BCUT2D eigenvalue weighted by atomic mass is 9.66. The molecule has 220 valence electrons. The van der Waals surface area contributed by atoms with Crippen LogP contribution in [-0.2, 0) is 0 Å². The third-order valence-corrected chi connectivity index (χ3v) is 10.1. The van der Waals surface area contributed by atoms with Crippen LogP contribution in [0.25, 0.3) is 0 Å². The molecule has 2 aliphatic carbocycles. The van der Waals surface area contributed by atoms with Gasteiger partial charge in [0, 0.05) is 33.7 Å². The number of thiophene rings is 2. The van der Waals surface area contributed by atoms with Gasteiger partial charge in [-0.05, 0) is 97.7 Å². The van der Waals surface area contributed by atoms with Crippen LogP contribution >= 0.6 is 46.7 Å². The molecule has 0 saturated heterocycles. The molecule has 0 aromatic carbocycles. The fraction of sp³-hybridized carbons (Fsp3) is 0.576. The van der Waals surface area contributed by atoms with Crippen molar-refractivity contribution in [2.75, 3.05) is 0 Å². The maximum absolute atomic E-state index is 12.3. The summed E-state index contributed by atoms with van der Waals surface area (Å²) in [7, 11) is 0. The number of carbonyl (C=O) groups excluding carboxylic acids is 2. The molecule has 2 fully saturated rings. The van der Waals surface area contributed by atoms with E-state index in [1.807, 2.05) is 29.1 Å². The minimum absolute atomic E-state index is 0. The van der Waals surface area contributed by atoms with E-state index >= 15 is 0 Å². The number of halogens is 2. The molecule has 3 nitrogen and oxygen atoms in total. The topological polar surface area (TPSA) is 60.2 Å². The van der Waals surface area contributed by atoms with Crippen molar-refractivity contribution >= 4 is 57.7 Å². The molecule has 0 spiro atoms. The summed E-state index contributed by atoms with van der Waals surface area (Å²) in [6.07, 6.45) is 21.5. The molecule has 0 radical (unpaired) electrons. The Bertz CT molecular complexity index is 1100. The third kappa shape index (κ3) is 11.3. The normalized spacial score (nSPS) is 24.9. The highest BCUT2D eigenvalue weighted by Crippen LogP contribution is 2.42. The second kappa shape index (κ2) is 17.4. The number of terminal acetylenes is 2. The Morgan fingerprint density at radius 3 is 1.68 bits per heavy atom. The second-order valence-electron chi connectivity index (χ2n) is 11.8. The Balaban J connectivity index is 0.000000326. The van der Waals surface area contributed by atoms with Crippen LogP contribution < -0.4 is 5.73 Å². The molecule has 0 unspecified atom stereocenters. The maximum Gasteiger partial charge on any atom is 0.253 e. The maximum atomic E-state index is 12.3. The molecule has 2 atom stereocenters. The number of Topliss-reactive ketones (excluding diaryl/α,β-unsaturated/α-hetero) is 1. The van der Waals surface area contributed by atoms with Gasteiger partial charge in [-0.2, -0.15) is 22.7 Å². The van der Waals surface area contributed by atoms with E-state index in [4.69, 9.17) is 30.2 Å². The third-order valence-electron chi connectivity index (χ3n) is 8.54. The Labute approximate surface area is 261 Å². The van der Waals surface area contributed by atoms with E-state index in [1.54, 1.807) is 22.8 Å². The van der Waals surface area contributed by atoms with Crippen molar-refractivity contribution in [2.45, 2.75) is 91.0 Å². The lowest BCUT2D eigenvalue weighted by Crippen LogP contribution is -2.44. The molecule has 0 bridgehead atoms. The Kier molecular flexibility index (Phi) is 15.8. The van der Waals surface area contributed by atoms with E-state index in [1.165, 1.54) is 62.7 Å². The van der Waals surface area contributed by atoms with E-state index in [0.29, 0.717) is 23.8 Å². The summed E-state index contributed by atoms with van der Waals surface area (Å²) < 4.78 is 0. The molecule has 2 N–H and O–H groups in total. The lowest BCUT2D eigenvalue weighted by Gasteiger charge is -2.37. The predicted molar refractivity (Wildman–Crippen MR) is 176 cm³/mol. The van der Waals surface area contributed by atoms with E-state index in [2.05, 4.69) is 32.6 Å². The van der Waals surface area contributed by atoms with Gasteiger partial charge < -0.3 is 5.73 Å². The molecule has 2 aromatic rings. The van der Waals surface area contributed by atoms with E-state index in [-0.39, 0.29) is 34.4 Å². The van der Waals surface area contributed by atoms with Gasteiger partial charge in [-0.15, -0.1) is 25.3 Å². The number of carbonyl (C=O) groups is 2. The summed E-state index contributed by atoms with van der Waals surface area (Å²) in [5.41, 5.74) is 6.74. The molecule has 0 aliphatic heterocycles. The van der Waals surface area contributed by atoms with Crippen LogP contribution in [0.15, 0.2) is 33.7 Å². The Morgan fingerprint density at radius 1 is 0.875 bits per heavy atom. The number of nitrogens with two attached hydrogens (primary N) is 1. The highest BCUT2D eigenvalue weighted by Gasteiger charge is 2.36. The zero-order valence-corrected chi connectivity index (χ0v) is 27.5. The Morgan fingerprint density at radius 2 is 1.32 bits per heavy atom. The van der Waals surface area contributed by atoms with Gasteiger partial charge in [0.15, 0.2) is 5.78 Å². The van der Waals surface area contributed by atoms with Crippen molar-refractivity contribution in [2.24, 2.45) is 34.8 Å². The number of hydrogen-bond acceptors (Lipinski definition) is 5. The van der Waals surface area contributed by atoms with Gasteiger partial charge in [0.1, 0.15) is 0 Å². The van der Waals surface area contributed by atoms with Crippen LogP contribution in [0.1, 0.15) is 106 Å². The number of rotatable bonds is 6. The van der Waals surface area contributed by atoms with Crippen molar-refractivity contribution in [1.29, 1.82) is 0 Å². The quantitative estimate of drug-likeness (QED) is 0.198. The largest absolute Gasteiger partial charge is 0.315 e. The number of hydrogen-bond donors (Lipinski definition) is 1. The van der Waals surface area contributed by atoms with Gasteiger partial charge in [-0.25, -0.2) is 0 Å². The van der Waals surface area contributed by atoms with Crippen LogP contribution in [0, 0.1) is 53.8 Å². The van der Waals surface area contributed by atoms with Crippen molar-refractivity contribution in [3.05, 3.63) is 44.8 Å². The SMILES string of the molecule is C#C[C@@](C)(CC(=O)c1ccsc1)C1CCC(C)CC1.C#C[C@@](C)(N)C1CCC(C)CC1.Cl.O=C(Cl)c1ccsc1. The van der Waals surface area contributed by atoms with Gasteiger partial charge >= 0.3 is 0 Å². The monoisotopic (exact) mass is 621 g/mol. The zero-order valence-electron chi connectivity index (χ0n) is 24.3. The minimum atomic E-state index is -0.383. The lowest BCUT2D eigenvalue weighted by molar-refractivity contribution is 0.0879. The van der Waals surface area contributed by atoms with Crippen molar-refractivity contribution in [3.63, 3.8) is 0 Å². The second-order valence-corrected chi connectivity index (χ2v) is 13.7. The first-order valence-corrected chi connectivity index (χ1v) is 16.2. The van der Waals surface area contributed by atoms with Crippen LogP contribution in [-0.4, -0.2) is 16.6 Å². The van der Waals surface area contributed by atoms with E-state index in [0.717, 1.165) is 17.4 Å². The van der Waals surface area contributed by atoms with Gasteiger partial charge in [0.05, 0.1) is 5.54 Å². The minimum Gasteiger partial charge on any atom is -0.315 e. The molecular formula is C33H45Cl2NO2S2. The molecule has 2 heterocycles. The molecule has 40 heavy (non-hydrogen) atoms. The summed E-state index contributed by atoms with van der Waals surface area (Å²) >= 11 is 8.14. The molecule has 4 rings (SSSR count). The summed E-state index contributed by atoms with van der Waals surface area (Å²) in [6.45, 7) is 8.69. The number of ketones is 1. The van der Waals surface area contributed by atoms with Gasteiger partial charge in [0.25, 0.3) is 5.24 Å². The van der Waals surface area contributed by atoms with Crippen LogP contribution in [0.3, 0.4) is 0 Å². The average molecular weight is 623 g/mol. The summed E-state index contributed by atoms with van der Waals surface area (Å²) in [5, 5.41) is 7.02. The van der Waals surface area contributed by atoms with E-state index in [9.17, 15) is 9.59 Å². The fourth-order valence-corrected chi connectivity index (χ4v) is 6.90. The highest BCUT2D eigenvalue weighted by molar-refractivity contribution is 7.08. The molecule has 7 heteroatoms.